The number of benzene rings is 1. The van der Waals surface area contributed by atoms with Gasteiger partial charge in [0.15, 0.2) is 0 Å². The molecule has 0 spiro atoms. The number of carbonyl (C=O) groups is 1. The maximum absolute atomic E-state index is 12.4. The van der Waals surface area contributed by atoms with Crippen LogP contribution in [0.5, 0.6) is 5.75 Å². The van der Waals surface area contributed by atoms with Gasteiger partial charge < -0.3 is 14.8 Å². The summed E-state index contributed by atoms with van der Waals surface area (Å²) in [7, 11) is 1.70. The maximum Gasteiger partial charge on any atom is 0.251 e. The highest BCUT2D eigenvalue weighted by Gasteiger charge is 2.30. The fraction of sp³-hybridized carbons (Fsp3) is 0.400. The summed E-state index contributed by atoms with van der Waals surface area (Å²) in [5.41, 5.74) is 0.676. The highest BCUT2D eigenvalue weighted by atomic mass is 16.5. The fourth-order valence-corrected chi connectivity index (χ4v) is 3.15. The number of piperidine rings is 1. The van der Waals surface area contributed by atoms with E-state index in [-0.39, 0.29) is 18.1 Å². The largest absolute Gasteiger partial charge is 0.491 e. The van der Waals surface area contributed by atoms with Crippen LogP contribution in [0.1, 0.15) is 16.8 Å². The van der Waals surface area contributed by atoms with Crippen LogP contribution in [0, 0.1) is 0 Å². The van der Waals surface area contributed by atoms with Crippen LogP contribution in [-0.4, -0.2) is 61.3 Å². The predicted octanol–water partition coefficient (Wildman–Crippen LogP) is 1.98. The van der Waals surface area contributed by atoms with E-state index in [1.165, 1.54) is 0 Å². The van der Waals surface area contributed by atoms with Crippen molar-refractivity contribution in [2.45, 2.75) is 18.6 Å². The molecule has 6 nitrogen and oxygen atoms in total. The molecule has 0 saturated carbocycles. The van der Waals surface area contributed by atoms with E-state index < -0.39 is 0 Å². The highest BCUT2D eigenvalue weighted by molar-refractivity contribution is 5.94. The molecule has 0 aliphatic carbocycles. The minimum atomic E-state index is -0.0500. The van der Waals surface area contributed by atoms with E-state index in [9.17, 15) is 4.79 Å². The molecule has 2 atom stereocenters. The summed E-state index contributed by atoms with van der Waals surface area (Å²) in [4.78, 5) is 18.7. The lowest BCUT2D eigenvalue weighted by molar-refractivity contribution is 0.00324. The van der Waals surface area contributed by atoms with Crippen LogP contribution in [0.3, 0.4) is 0 Å². The third-order valence-corrected chi connectivity index (χ3v) is 4.61. The van der Waals surface area contributed by atoms with Crippen molar-refractivity contribution in [1.29, 1.82) is 0 Å². The number of nitrogens with zero attached hydrogens (tertiary/aromatic N) is 2. The Kier molecular flexibility index (Phi) is 6.57. The van der Waals surface area contributed by atoms with Crippen molar-refractivity contribution in [1.82, 2.24) is 15.2 Å². The second-order valence-electron chi connectivity index (χ2n) is 6.35. The van der Waals surface area contributed by atoms with Crippen molar-refractivity contribution >= 4 is 5.91 Å². The Morgan fingerprint density at radius 1 is 1.27 bits per heavy atom. The quantitative estimate of drug-likeness (QED) is 0.823. The van der Waals surface area contributed by atoms with Gasteiger partial charge in [-0.25, -0.2) is 0 Å². The Morgan fingerprint density at radius 2 is 2.12 bits per heavy atom. The molecule has 1 N–H and O–H groups in total. The normalized spacial score (nSPS) is 20.5. The van der Waals surface area contributed by atoms with Crippen molar-refractivity contribution in [2.24, 2.45) is 0 Å². The van der Waals surface area contributed by atoms with Gasteiger partial charge in [0, 0.05) is 38.5 Å². The van der Waals surface area contributed by atoms with E-state index in [1.807, 2.05) is 42.5 Å². The molecule has 1 fully saturated rings. The molecule has 1 aliphatic heterocycles. The summed E-state index contributed by atoms with van der Waals surface area (Å²) < 4.78 is 11.3. The lowest BCUT2D eigenvalue weighted by Gasteiger charge is -2.38. The van der Waals surface area contributed by atoms with E-state index in [0.717, 1.165) is 31.8 Å². The Bertz CT molecular complexity index is 681. The highest BCUT2D eigenvalue weighted by Crippen LogP contribution is 2.15. The number of rotatable bonds is 7. The van der Waals surface area contributed by atoms with Crippen LogP contribution in [0.25, 0.3) is 0 Å². The smallest absolute Gasteiger partial charge is 0.251 e. The van der Waals surface area contributed by atoms with E-state index in [4.69, 9.17) is 9.47 Å². The van der Waals surface area contributed by atoms with Gasteiger partial charge >= 0.3 is 0 Å². The summed E-state index contributed by atoms with van der Waals surface area (Å²) in [6.07, 6.45) is 4.26. The Morgan fingerprint density at radius 3 is 2.85 bits per heavy atom. The van der Waals surface area contributed by atoms with E-state index >= 15 is 0 Å². The second kappa shape index (κ2) is 9.31. The first-order valence-corrected chi connectivity index (χ1v) is 8.90. The van der Waals surface area contributed by atoms with Crippen LogP contribution in [0.2, 0.25) is 0 Å². The Hall–Kier alpha value is -2.44. The monoisotopic (exact) mass is 355 g/mol. The molecule has 3 rings (SSSR count). The van der Waals surface area contributed by atoms with Crippen LogP contribution >= 0.6 is 0 Å². The van der Waals surface area contributed by atoms with Crippen molar-refractivity contribution in [3.8, 4) is 5.75 Å². The number of nitrogens with one attached hydrogen (secondary N) is 1. The molecule has 1 amide bonds. The van der Waals surface area contributed by atoms with Crippen LogP contribution < -0.4 is 10.1 Å². The van der Waals surface area contributed by atoms with Crippen LogP contribution in [0.4, 0.5) is 0 Å². The van der Waals surface area contributed by atoms with Gasteiger partial charge in [0.05, 0.1) is 18.3 Å². The van der Waals surface area contributed by atoms with Crippen molar-refractivity contribution in [2.75, 3.05) is 33.4 Å². The van der Waals surface area contributed by atoms with Crippen LogP contribution in [-0.2, 0) is 4.74 Å². The minimum absolute atomic E-state index is 0.0168. The molecule has 1 saturated heterocycles. The average molecular weight is 355 g/mol. The first-order valence-electron chi connectivity index (χ1n) is 8.90. The average Bonchev–Trinajstić information content (AvgIpc) is 2.70. The summed E-state index contributed by atoms with van der Waals surface area (Å²) in [5, 5.41) is 3.11. The Labute approximate surface area is 154 Å². The van der Waals surface area contributed by atoms with Crippen molar-refractivity contribution in [3.05, 3.63) is 60.4 Å². The lowest BCUT2D eigenvalue weighted by atomic mass is 10.0. The molecular formula is C20H25N3O3. The number of methoxy groups -OCH3 is 1. The van der Waals surface area contributed by atoms with Gasteiger partial charge in [-0.2, -0.15) is 0 Å². The zero-order chi connectivity index (χ0) is 18.2. The first kappa shape index (κ1) is 18.4. The molecule has 0 bridgehead atoms. The molecule has 26 heavy (non-hydrogen) atoms. The van der Waals surface area contributed by atoms with Crippen molar-refractivity contribution < 1.29 is 14.3 Å². The summed E-state index contributed by atoms with van der Waals surface area (Å²) >= 11 is 0. The number of aromatic nitrogens is 1. The summed E-state index contributed by atoms with van der Waals surface area (Å²) in [5.74, 6) is 0.729. The molecule has 1 aromatic heterocycles. The van der Waals surface area contributed by atoms with Gasteiger partial charge in [-0.15, -0.1) is 0 Å². The molecule has 0 radical (unpaired) electrons. The van der Waals surface area contributed by atoms with Gasteiger partial charge in [-0.3, -0.25) is 14.7 Å². The number of amides is 1. The second-order valence-corrected chi connectivity index (χ2v) is 6.35. The van der Waals surface area contributed by atoms with Gasteiger partial charge in [0.25, 0.3) is 5.91 Å². The Balaban J connectivity index is 1.46. The van der Waals surface area contributed by atoms with Gasteiger partial charge in [0.1, 0.15) is 12.4 Å². The SMILES string of the molecule is COC1CN(CCOc2cccnc2)CCC1NC(=O)c1ccccc1. The number of hydrogen-bond acceptors (Lipinski definition) is 5. The molecule has 6 heteroatoms. The van der Waals surface area contributed by atoms with E-state index in [1.54, 1.807) is 19.5 Å². The maximum atomic E-state index is 12.4. The number of pyridine rings is 1. The minimum Gasteiger partial charge on any atom is -0.491 e. The van der Waals surface area contributed by atoms with Crippen molar-refractivity contribution in [3.63, 3.8) is 0 Å². The zero-order valence-corrected chi connectivity index (χ0v) is 15.0. The summed E-state index contributed by atoms with van der Waals surface area (Å²) in [6.45, 7) is 3.08. The molecule has 2 heterocycles. The summed E-state index contributed by atoms with van der Waals surface area (Å²) in [6, 6.07) is 13.1. The van der Waals surface area contributed by atoms with Crippen LogP contribution in [0.15, 0.2) is 54.9 Å². The van der Waals surface area contributed by atoms with Gasteiger partial charge in [0.2, 0.25) is 0 Å². The third kappa shape index (κ3) is 5.03. The van der Waals surface area contributed by atoms with Gasteiger partial charge in [-0.1, -0.05) is 18.2 Å². The molecular weight excluding hydrogens is 330 g/mol. The topological polar surface area (TPSA) is 63.7 Å². The molecule has 1 aliphatic rings. The molecule has 2 unspecified atom stereocenters. The number of likely N-dealkylation sites (tertiary alicyclic amines) is 1. The molecule has 2 aromatic rings. The first-order chi connectivity index (χ1) is 12.8. The van der Waals surface area contributed by atoms with Gasteiger partial charge in [-0.05, 0) is 30.7 Å². The predicted molar refractivity (Wildman–Crippen MR) is 99.3 cm³/mol. The number of ether oxygens (including phenoxy) is 2. The fourth-order valence-electron chi connectivity index (χ4n) is 3.15. The lowest BCUT2D eigenvalue weighted by Crippen LogP contribution is -2.55. The zero-order valence-electron chi connectivity index (χ0n) is 15.0. The van der Waals surface area contributed by atoms with E-state index in [2.05, 4.69) is 15.2 Å². The number of carbonyl (C=O) groups excluding carboxylic acids is 1. The molecule has 1 aromatic carbocycles. The molecule has 138 valence electrons. The van der Waals surface area contributed by atoms with E-state index in [0.29, 0.717) is 12.2 Å². The standard InChI is InChI=1S/C20H25N3O3/c1-25-19-15-23(12-13-26-17-8-5-10-21-14-17)11-9-18(19)22-20(24)16-6-3-2-4-7-16/h2-8,10,14,18-19H,9,11-13,15H2,1H3,(H,22,24). The number of hydrogen-bond donors (Lipinski definition) is 1. The third-order valence-electron chi connectivity index (χ3n) is 4.61.